The molecule has 0 spiro atoms. The average molecular weight is 545 g/mol. The van der Waals surface area contributed by atoms with Crippen LogP contribution in [0.3, 0.4) is 0 Å². The standard InChI is InChI=1S/C30H36N6O4/c1-20-7-12-27-22(15-20)16-26(30(37)31-27)28(29-32-33-34-36(29)19-25-6-4-14-40-25)35(18-24-5-3-13-39-24)17-21-8-10-23(38-2)11-9-21/h7-12,15-16,24-25,28H,3-6,13-14,17-19H2,1-2H3,(H,31,37)/t24-,25-,28+/m0/s1. The SMILES string of the molecule is COc1ccc(CN(C[C@@H]2CCCO2)[C@H](c2cc3cc(C)ccc3[nH]c2=O)c2nnnn2C[C@@H]2CCCO2)cc1. The Kier molecular flexibility index (Phi) is 7.90. The molecule has 2 fully saturated rings. The highest BCUT2D eigenvalue weighted by Gasteiger charge is 2.34. The summed E-state index contributed by atoms with van der Waals surface area (Å²) in [4.78, 5) is 19.2. The number of hydrogen-bond donors (Lipinski definition) is 1. The number of nitrogens with zero attached hydrogens (tertiary/aromatic N) is 5. The first-order chi connectivity index (χ1) is 19.6. The van der Waals surface area contributed by atoms with Gasteiger partial charge in [-0.25, -0.2) is 4.68 Å². The first kappa shape index (κ1) is 26.6. The average Bonchev–Trinajstić information content (AvgIpc) is 3.75. The predicted molar refractivity (Wildman–Crippen MR) is 150 cm³/mol. The van der Waals surface area contributed by atoms with Crippen molar-refractivity contribution >= 4 is 10.9 Å². The van der Waals surface area contributed by atoms with Gasteiger partial charge in [0.05, 0.1) is 25.9 Å². The lowest BCUT2D eigenvalue weighted by Gasteiger charge is -2.33. The summed E-state index contributed by atoms with van der Waals surface area (Å²) in [5.74, 6) is 1.42. The van der Waals surface area contributed by atoms with E-state index < -0.39 is 6.04 Å². The van der Waals surface area contributed by atoms with Gasteiger partial charge in [-0.1, -0.05) is 23.8 Å². The minimum atomic E-state index is -0.503. The lowest BCUT2D eigenvalue weighted by molar-refractivity contribution is 0.0555. The Hall–Kier alpha value is -3.60. The van der Waals surface area contributed by atoms with Gasteiger partial charge in [-0.3, -0.25) is 9.69 Å². The fourth-order valence-corrected chi connectivity index (χ4v) is 5.84. The molecule has 210 valence electrons. The summed E-state index contributed by atoms with van der Waals surface area (Å²) in [5, 5.41) is 13.9. The van der Waals surface area contributed by atoms with E-state index in [0.717, 1.165) is 66.7 Å². The molecule has 0 radical (unpaired) electrons. The number of H-pyrrole nitrogens is 1. The van der Waals surface area contributed by atoms with Gasteiger partial charge in [-0.15, -0.1) is 5.10 Å². The summed E-state index contributed by atoms with van der Waals surface area (Å²) in [5.41, 5.74) is 3.47. The zero-order valence-electron chi connectivity index (χ0n) is 23.1. The van der Waals surface area contributed by atoms with E-state index >= 15 is 0 Å². The van der Waals surface area contributed by atoms with Crippen molar-refractivity contribution < 1.29 is 14.2 Å². The molecular weight excluding hydrogens is 508 g/mol. The maximum absolute atomic E-state index is 13.8. The number of aromatic nitrogens is 5. The van der Waals surface area contributed by atoms with E-state index in [1.54, 1.807) is 7.11 Å². The van der Waals surface area contributed by atoms with Crippen molar-refractivity contribution in [3.8, 4) is 5.75 Å². The van der Waals surface area contributed by atoms with Crippen LogP contribution in [0.25, 0.3) is 10.9 Å². The van der Waals surface area contributed by atoms with Crippen LogP contribution >= 0.6 is 0 Å². The molecule has 10 nitrogen and oxygen atoms in total. The highest BCUT2D eigenvalue weighted by atomic mass is 16.5. The molecule has 0 bridgehead atoms. The largest absolute Gasteiger partial charge is 0.497 e. The molecule has 2 saturated heterocycles. The highest BCUT2D eigenvalue weighted by molar-refractivity contribution is 5.79. The minimum absolute atomic E-state index is 0.0497. The second-order valence-corrected chi connectivity index (χ2v) is 10.8. The van der Waals surface area contributed by atoms with Gasteiger partial charge in [-0.2, -0.15) is 0 Å². The van der Waals surface area contributed by atoms with Crippen molar-refractivity contribution in [3.05, 3.63) is 81.4 Å². The molecule has 4 heterocycles. The number of tetrazole rings is 1. The third-order valence-electron chi connectivity index (χ3n) is 7.90. The lowest BCUT2D eigenvalue weighted by atomic mass is 10.0. The van der Waals surface area contributed by atoms with Crippen LogP contribution in [0.5, 0.6) is 5.75 Å². The maximum Gasteiger partial charge on any atom is 0.253 e. The van der Waals surface area contributed by atoms with E-state index in [2.05, 4.69) is 50.5 Å². The van der Waals surface area contributed by atoms with Crippen LogP contribution in [0.15, 0.2) is 53.3 Å². The Morgan fingerprint density at radius 2 is 1.85 bits per heavy atom. The van der Waals surface area contributed by atoms with E-state index in [-0.39, 0.29) is 17.8 Å². The van der Waals surface area contributed by atoms with Crippen molar-refractivity contribution in [3.63, 3.8) is 0 Å². The smallest absolute Gasteiger partial charge is 0.253 e. The Balaban J connectivity index is 1.47. The molecule has 4 aromatic rings. The summed E-state index contributed by atoms with van der Waals surface area (Å²) in [6, 6.07) is 15.6. The van der Waals surface area contributed by atoms with Gasteiger partial charge in [0.1, 0.15) is 11.8 Å². The van der Waals surface area contributed by atoms with Gasteiger partial charge in [0.15, 0.2) is 5.82 Å². The first-order valence-electron chi connectivity index (χ1n) is 14.1. The Labute approximate surface area is 233 Å². The lowest BCUT2D eigenvalue weighted by Crippen LogP contribution is -2.39. The van der Waals surface area contributed by atoms with Crippen molar-refractivity contribution in [1.82, 2.24) is 30.1 Å². The van der Waals surface area contributed by atoms with Crippen molar-refractivity contribution in [2.75, 3.05) is 26.9 Å². The molecule has 2 aliphatic rings. The molecule has 40 heavy (non-hydrogen) atoms. The number of ether oxygens (including phenoxy) is 3. The molecule has 10 heteroatoms. The van der Waals surface area contributed by atoms with Crippen molar-refractivity contribution in [2.24, 2.45) is 0 Å². The summed E-state index contributed by atoms with van der Waals surface area (Å²) in [6.45, 7) is 5.30. The number of fused-ring (bicyclic) bond motifs is 1. The third-order valence-corrected chi connectivity index (χ3v) is 7.90. The minimum Gasteiger partial charge on any atom is -0.497 e. The van der Waals surface area contributed by atoms with E-state index in [4.69, 9.17) is 14.2 Å². The van der Waals surface area contributed by atoms with Gasteiger partial charge >= 0.3 is 0 Å². The Bertz CT molecular complexity index is 1490. The number of hydrogen-bond acceptors (Lipinski definition) is 8. The van der Waals surface area contributed by atoms with Gasteiger partial charge in [0.2, 0.25) is 0 Å². The predicted octanol–water partition coefficient (Wildman–Crippen LogP) is 3.78. The van der Waals surface area contributed by atoms with Crippen LogP contribution in [-0.4, -0.2) is 69.2 Å². The molecule has 6 rings (SSSR count). The fourth-order valence-electron chi connectivity index (χ4n) is 5.84. The fraction of sp³-hybridized carbons (Fsp3) is 0.467. The van der Waals surface area contributed by atoms with Gasteiger partial charge < -0.3 is 19.2 Å². The molecule has 2 aromatic carbocycles. The van der Waals surface area contributed by atoms with Crippen LogP contribution in [-0.2, 0) is 22.6 Å². The first-order valence-corrected chi connectivity index (χ1v) is 14.1. The number of aryl methyl sites for hydroxylation is 1. The van der Waals surface area contributed by atoms with Gasteiger partial charge in [-0.05, 0) is 84.3 Å². The van der Waals surface area contributed by atoms with Crippen LogP contribution < -0.4 is 10.3 Å². The monoisotopic (exact) mass is 544 g/mol. The zero-order chi connectivity index (χ0) is 27.5. The quantitative estimate of drug-likeness (QED) is 0.322. The number of benzene rings is 2. The Morgan fingerprint density at radius 1 is 1.07 bits per heavy atom. The number of nitrogens with one attached hydrogen (secondary N) is 1. The maximum atomic E-state index is 13.8. The number of pyridine rings is 1. The summed E-state index contributed by atoms with van der Waals surface area (Å²) in [6.07, 6.45) is 4.10. The second kappa shape index (κ2) is 11.9. The highest BCUT2D eigenvalue weighted by Crippen LogP contribution is 2.31. The molecule has 0 amide bonds. The van der Waals surface area contributed by atoms with Crippen LogP contribution in [0.1, 0.15) is 54.2 Å². The van der Waals surface area contributed by atoms with Crippen LogP contribution in [0, 0.1) is 6.92 Å². The summed E-state index contributed by atoms with van der Waals surface area (Å²) in [7, 11) is 1.66. The normalized spacial score (nSPS) is 20.0. The van der Waals surface area contributed by atoms with Gasteiger partial charge in [0, 0.05) is 37.4 Å². The topological polar surface area (TPSA) is 107 Å². The molecule has 2 aliphatic heterocycles. The molecule has 3 atom stereocenters. The van der Waals surface area contributed by atoms with E-state index in [9.17, 15) is 4.79 Å². The second-order valence-electron chi connectivity index (χ2n) is 10.8. The van der Waals surface area contributed by atoms with Crippen LogP contribution in [0.4, 0.5) is 0 Å². The molecule has 2 aromatic heterocycles. The van der Waals surface area contributed by atoms with Gasteiger partial charge in [0.25, 0.3) is 5.56 Å². The van der Waals surface area contributed by atoms with E-state index in [1.807, 2.05) is 35.0 Å². The molecule has 0 saturated carbocycles. The number of aromatic amines is 1. The Morgan fingerprint density at radius 3 is 2.58 bits per heavy atom. The zero-order valence-corrected chi connectivity index (χ0v) is 23.1. The summed E-state index contributed by atoms with van der Waals surface area (Å²) >= 11 is 0. The van der Waals surface area contributed by atoms with Crippen molar-refractivity contribution in [1.29, 1.82) is 0 Å². The van der Waals surface area contributed by atoms with E-state index in [0.29, 0.717) is 31.0 Å². The van der Waals surface area contributed by atoms with Crippen molar-refractivity contribution in [2.45, 2.75) is 63.9 Å². The summed E-state index contributed by atoms with van der Waals surface area (Å²) < 4.78 is 19.2. The van der Waals surface area contributed by atoms with E-state index in [1.165, 1.54) is 0 Å². The van der Waals surface area contributed by atoms with Crippen LogP contribution in [0.2, 0.25) is 0 Å². The molecular formula is C30H36N6O4. The molecule has 0 aliphatic carbocycles. The number of methoxy groups -OCH3 is 1. The number of rotatable bonds is 10. The molecule has 1 N–H and O–H groups in total. The third kappa shape index (κ3) is 5.79. The molecule has 0 unspecified atom stereocenters.